The minimum atomic E-state index is -0.102. The van der Waals surface area contributed by atoms with E-state index in [4.69, 9.17) is 9.72 Å². The highest BCUT2D eigenvalue weighted by Crippen LogP contribution is 2.23. The smallest absolute Gasteiger partial charge is 0.251 e. The molecule has 4 rings (SSSR count). The molecule has 0 spiro atoms. The van der Waals surface area contributed by atoms with Crippen molar-refractivity contribution in [2.24, 2.45) is 0 Å². The van der Waals surface area contributed by atoms with Crippen LogP contribution in [0.4, 0.5) is 5.82 Å². The van der Waals surface area contributed by atoms with Crippen LogP contribution in [0, 0.1) is 6.92 Å². The highest BCUT2D eigenvalue weighted by atomic mass is 32.2. The molecule has 0 saturated carbocycles. The van der Waals surface area contributed by atoms with Crippen LogP contribution in [0.15, 0.2) is 59.6 Å². The molecule has 2 aromatic heterocycles. The molecule has 1 fully saturated rings. The first-order valence-electron chi connectivity index (χ1n) is 10.3. The molecule has 1 aliphatic heterocycles. The molecular formula is C24H26N4O2S. The fourth-order valence-electron chi connectivity index (χ4n) is 3.52. The van der Waals surface area contributed by atoms with Crippen LogP contribution in [-0.4, -0.2) is 48.4 Å². The van der Waals surface area contributed by atoms with Crippen LogP contribution < -0.4 is 10.2 Å². The van der Waals surface area contributed by atoms with E-state index in [1.165, 1.54) is 5.56 Å². The summed E-state index contributed by atoms with van der Waals surface area (Å²) >= 11 is 1.64. The Morgan fingerprint density at radius 1 is 1.16 bits per heavy atom. The second kappa shape index (κ2) is 9.94. The molecule has 7 heteroatoms. The van der Waals surface area contributed by atoms with Gasteiger partial charge in [0.1, 0.15) is 5.82 Å². The van der Waals surface area contributed by atoms with Gasteiger partial charge in [-0.05, 0) is 55.1 Å². The third-order valence-corrected chi connectivity index (χ3v) is 6.16. The minimum absolute atomic E-state index is 0.102. The number of carbonyl (C=O) groups excluding carboxylic acids is 1. The summed E-state index contributed by atoms with van der Waals surface area (Å²) in [7, 11) is 0. The standard InChI is InChI=1S/C24H26N4O2S/c1-17-6-7-19(15-22(17)31-2)24(29)26-16-20-14-18(8-9-25-20)21-4-3-5-23(27-21)28-10-12-30-13-11-28/h3-9,14-15H,10-13,16H2,1-2H3,(H,26,29). The van der Waals surface area contributed by atoms with E-state index in [0.717, 1.165) is 54.0 Å². The van der Waals surface area contributed by atoms with Gasteiger partial charge < -0.3 is 15.0 Å². The number of benzene rings is 1. The molecule has 31 heavy (non-hydrogen) atoms. The van der Waals surface area contributed by atoms with Crippen molar-refractivity contribution in [3.8, 4) is 11.3 Å². The number of hydrogen-bond acceptors (Lipinski definition) is 6. The van der Waals surface area contributed by atoms with Gasteiger partial charge in [0.25, 0.3) is 5.91 Å². The van der Waals surface area contributed by atoms with Gasteiger partial charge >= 0.3 is 0 Å². The summed E-state index contributed by atoms with van der Waals surface area (Å²) in [5, 5.41) is 2.97. The maximum atomic E-state index is 12.6. The lowest BCUT2D eigenvalue weighted by Gasteiger charge is -2.28. The van der Waals surface area contributed by atoms with Crippen LogP contribution in [0.25, 0.3) is 11.3 Å². The maximum absolute atomic E-state index is 12.6. The molecule has 0 atom stereocenters. The molecule has 1 saturated heterocycles. The average Bonchev–Trinajstić information content (AvgIpc) is 2.83. The molecule has 160 valence electrons. The quantitative estimate of drug-likeness (QED) is 0.593. The number of aromatic nitrogens is 2. The largest absolute Gasteiger partial charge is 0.378 e. The van der Waals surface area contributed by atoms with Crippen molar-refractivity contribution in [2.75, 3.05) is 37.5 Å². The van der Waals surface area contributed by atoms with E-state index in [1.54, 1.807) is 18.0 Å². The van der Waals surface area contributed by atoms with Crippen molar-refractivity contribution in [1.29, 1.82) is 0 Å². The van der Waals surface area contributed by atoms with E-state index in [0.29, 0.717) is 12.1 Å². The number of pyridine rings is 2. The molecule has 0 aliphatic carbocycles. The van der Waals surface area contributed by atoms with Crippen molar-refractivity contribution in [3.63, 3.8) is 0 Å². The molecule has 3 heterocycles. The lowest BCUT2D eigenvalue weighted by molar-refractivity contribution is 0.0950. The van der Waals surface area contributed by atoms with E-state index in [9.17, 15) is 4.79 Å². The molecular weight excluding hydrogens is 408 g/mol. The fraction of sp³-hybridized carbons (Fsp3) is 0.292. The van der Waals surface area contributed by atoms with E-state index in [-0.39, 0.29) is 5.91 Å². The molecule has 0 radical (unpaired) electrons. The lowest BCUT2D eigenvalue weighted by atomic mass is 10.1. The SMILES string of the molecule is CSc1cc(C(=O)NCc2cc(-c3cccc(N4CCOCC4)n3)ccn2)ccc1C. The number of nitrogens with zero attached hydrogens (tertiary/aromatic N) is 3. The summed E-state index contributed by atoms with van der Waals surface area (Å²) in [4.78, 5) is 25.2. The molecule has 0 bridgehead atoms. The Bertz CT molecular complexity index is 1070. The number of rotatable bonds is 6. The number of morpholine rings is 1. The van der Waals surface area contributed by atoms with Crippen LogP contribution in [0.2, 0.25) is 0 Å². The highest BCUT2D eigenvalue weighted by Gasteiger charge is 2.13. The van der Waals surface area contributed by atoms with Crippen molar-refractivity contribution in [1.82, 2.24) is 15.3 Å². The fourth-order valence-corrected chi connectivity index (χ4v) is 4.16. The van der Waals surface area contributed by atoms with Gasteiger partial charge in [-0.15, -0.1) is 11.8 Å². The topological polar surface area (TPSA) is 67.4 Å². The van der Waals surface area contributed by atoms with Crippen LogP contribution in [0.5, 0.6) is 0 Å². The normalized spacial score (nSPS) is 13.8. The van der Waals surface area contributed by atoms with E-state index in [2.05, 4.69) is 15.2 Å². The van der Waals surface area contributed by atoms with E-state index >= 15 is 0 Å². The van der Waals surface area contributed by atoms with Crippen molar-refractivity contribution < 1.29 is 9.53 Å². The second-order valence-electron chi connectivity index (χ2n) is 7.38. The first kappa shape index (κ1) is 21.3. The molecule has 1 N–H and O–H groups in total. The number of hydrogen-bond donors (Lipinski definition) is 1. The minimum Gasteiger partial charge on any atom is -0.378 e. The number of carbonyl (C=O) groups is 1. The zero-order chi connectivity index (χ0) is 21.6. The van der Waals surface area contributed by atoms with Crippen LogP contribution >= 0.6 is 11.8 Å². The third-order valence-electron chi connectivity index (χ3n) is 5.28. The second-order valence-corrected chi connectivity index (χ2v) is 8.23. The number of thioether (sulfide) groups is 1. The Morgan fingerprint density at radius 2 is 2.00 bits per heavy atom. The van der Waals surface area contributed by atoms with Crippen molar-refractivity contribution >= 4 is 23.5 Å². The first-order chi connectivity index (χ1) is 15.1. The summed E-state index contributed by atoms with van der Waals surface area (Å²) in [6.45, 7) is 5.56. The van der Waals surface area contributed by atoms with Gasteiger partial charge in [0.2, 0.25) is 0 Å². The Hall–Kier alpha value is -2.90. The number of ether oxygens (including phenoxy) is 1. The van der Waals surface area contributed by atoms with Gasteiger partial charge in [-0.3, -0.25) is 9.78 Å². The van der Waals surface area contributed by atoms with E-state index in [1.807, 2.05) is 61.7 Å². The average molecular weight is 435 g/mol. The molecule has 1 amide bonds. The molecule has 6 nitrogen and oxygen atoms in total. The van der Waals surface area contributed by atoms with Gasteiger partial charge in [-0.25, -0.2) is 4.98 Å². The highest BCUT2D eigenvalue weighted by molar-refractivity contribution is 7.98. The van der Waals surface area contributed by atoms with Gasteiger partial charge in [-0.2, -0.15) is 0 Å². The first-order valence-corrected chi connectivity index (χ1v) is 11.5. The third kappa shape index (κ3) is 5.24. The van der Waals surface area contributed by atoms with E-state index < -0.39 is 0 Å². The number of nitrogens with one attached hydrogen (secondary N) is 1. The maximum Gasteiger partial charge on any atom is 0.251 e. The summed E-state index contributed by atoms with van der Waals surface area (Å²) in [6, 6.07) is 15.7. The zero-order valence-electron chi connectivity index (χ0n) is 17.8. The molecule has 1 aromatic carbocycles. The van der Waals surface area contributed by atoms with Crippen LogP contribution in [0.1, 0.15) is 21.6 Å². The Morgan fingerprint density at radius 3 is 2.81 bits per heavy atom. The van der Waals surface area contributed by atoms with Gasteiger partial charge in [0.05, 0.1) is 31.1 Å². The number of anilines is 1. The Labute approximate surface area is 187 Å². The summed E-state index contributed by atoms with van der Waals surface area (Å²) in [6.07, 6.45) is 3.78. The Balaban J connectivity index is 1.46. The molecule has 3 aromatic rings. The van der Waals surface area contributed by atoms with Crippen molar-refractivity contribution in [2.45, 2.75) is 18.4 Å². The lowest BCUT2D eigenvalue weighted by Crippen LogP contribution is -2.36. The van der Waals surface area contributed by atoms with Gasteiger partial charge in [0, 0.05) is 35.3 Å². The monoisotopic (exact) mass is 434 g/mol. The predicted octanol–water partition coefficient (Wildman–Crippen LogP) is 3.94. The van der Waals surface area contributed by atoms with Crippen molar-refractivity contribution in [3.05, 3.63) is 71.5 Å². The number of amides is 1. The van der Waals surface area contributed by atoms with Crippen LogP contribution in [0.3, 0.4) is 0 Å². The number of aryl methyl sites for hydroxylation is 1. The molecule has 0 unspecified atom stereocenters. The van der Waals surface area contributed by atoms with Gasteiger partial charge in [0.15, 0.2) is 0 Å². The zero-order valence-corrected chi connectivity index (χ0v) is 18.6. The molecule has 1 aliphatic rings. The summed E-state index contributed by atoms with van der Waals surface area (Å²) in [5.41, 5.74) is 4.49. The Kier molecular flexibility index (Phi) is 6.84. The summed E-state index contributed by atoms with van der Waals surface area (Å²) < 4.78 is 5.44. The van der Waals surface area contributed by atoms with Crippen LogP contribution in [-0.2, 0) is 11.3 Å². The summed E-state index contributed by atoms with van der Waals surface area (Å²) in [5.74, 6) is 0.853. The predicted molar refractivity (Wildman–Crippen MR) is 125 cm³/mol. The van der Waals surface area contributed by atoms with Gasteiger partial charge in [-0.1, -0.05) is 12.1 Å².